The van der Waals surface area contributed by atoms with Crippen molar-refractivity contribution < 1.29 is 4.74 Å². The van der Waals surface area contributed by atoms with Gasteiger partial charge in [-0.15, -0.1) is 5.10 Å². The summed E-state index contributed by atoms with van der Waals surface area (Å²) < 4.78 is 7.29. The molecule has 0 radical (unpaired) electrons. The van der Waals surface area contributed by atoms with Gasteiger partial charge in [0.05, 0.1) is 31.1 Å². The van der Waals surface area contributed by atoms with Crippen molar-refractivity contribution in [3.8, 4) is 0 Å². The molecule has 0 fully saturated rings. The Balaban J connectivity index is 2.25. The number of ether oxygens (including phenoxy) is 1. The SMILES string of the molecule is CCCc1nnn2c1COCC2. The van der Waals surface area contributed by atoms with Crippen LogP contribution in [0.25, 0.3) is 0 Å². The van der Waals surface area contributed by atoms with E-state index in [4.69, 9.17) is 4.74 Å². The van der Waals surface area contributed by atoms with E-state index in [-0.39, 0.29) is 0 Å². The Labute approximate surface area is 71.5 Å². The number of rotatable bonds is 2. The maximum absolute atomic E-state index is 5.34. The Kier molecular flexibility index (Phi) is 2.08. The molecule has 0 N–H and O–H groups in total. The zero-order valence-corrected chi connectivity index (χ0v) is 7.29. The summed E-state index contributed by atoms with van der Waals surface area (Å²) in [4.78, 5) is 0. The minimum absolute atomic E-state index is 0.683. The van der Waals surface area contributed by atoms with E-state index in [1.54, 1.807) is 0 Å². The van der Waals surface area contributed by atoms with Crippen LogP contribution in [0.1, 0.15) is 24.7 Å². The van der Waals surface area contributed by atoms with Crippen molar-refractivity contribution in [3.05, 3.63) is 11.4 Å². The lowest BCUT2D eigenvalue weighted by molar-refractivity contribution is 0.0792. The number of hydrogen-bond donors (Lipinski definition) is 0. The van der Waals surface area contributed by atoms with Crippen molar-refractivity contribution in [2.75, 3.05) is 6.61 Å². The van der Waals surface area contributed by atoms with E-state index in [9.17, 15) is 0 Å². The third-order valence-corrected chi connectivity index (χ3v) is 2.09. The van der Waals surface area contributed by atoms with Crippen LogP contribution in [0.4, 0.5) is 0 Å². The Bertz CT molecular complexity index is 269. The molecule has 2 rings (SSSR count). The molecule has 2 heterocycles. The molecule has 4 heteroatoms. The van der Waals surface area contributed by atoms with Crippen molar-refractivity contribution >= 4 is 0 Å². The molecule has 0 spiro atoms. The number of nitrogens with zero attached hydrogens (tertiary/aromatic N) is 3. The Morgan fingerprint density at radius 3 is 3.33 bits per heavy atom. The molecule has 1 aromatic heterocycles. The van der Waals surface area contributed by atoms with Crippen molar-refractivity contribution in [1.82, 2.24) is 15.0 Å². The summed E-state index contributed by atoms with van der Waals surface area (Å²) in [5, 5.41) is 8.18. The number of aromatic nitrogens is 3. The third-order valence-electron chi connectivity index (χ3n) is 2.09. The summed E-state index contributed by atoms with van der Waals surface area (Å²) >= 11 is 0. The molecule has 0 aliphatic carbocycles. The monoisotopic (exact) mass is 167 g/mol. The van der Waals surface area contributed by atoms with Gasteiger partial charge in [-0.2, -0.15) is 0 Å². The van der Waals surface area contributed by atoms with Gasteiger partial charge in [-0.25, -0.2) is 4.68 Å². The van der Waals surface area contributed by atoms with Crippen molar-refractivity contribution in [2.24, 2.45) is 0 Å². The summed E-state index contributed by atoms with van der Waals surface area (Å²) in [6.45, 7) is 4.45. The van der Waals surface area contributed by atoms with Crippen LogP contribution in [0.15, 0.2) is 0 Å². The summed E-state index contributed by atoms with van der Waals surface area (Å²) in [5.74, 6) is 0. The van der Waals surface area contributed by atoms with Gasteiger partial charge >= 0.3 is 0 Å². The molecule has 4 nitrogen and oxygen atoms in total. The second-order valence-corrected chi connectivity index (χ2v) is 3.01. The Morgan fingerprint density at radius 1 is 1.58 bits per heavy atom. The van der Waals surface area contributed by atoms with Crippen molar-refractivity contribution in [2.45, 2.75) is 32.9 Å². The van der Waals surface area contributed by atoms with Gasteiger partial charge in [0.1, 0.15) is 0 Å². The second kappa shape index (κ2) is 3.23. The lowest BCUT2D eigenvalue weighted by Crippen LogP contribution is -2.17. The highest BCUT2D eigenvalue weighted by molar-refractivity contribution is 5.10. The molecule has 0 atom stereocenters. The first kappa shape index (κ1) is 7.73. The van der Waals surface area contributed by atoms with Crippen molar-refractivity contribution in [3.63, 3.8) is 0 Å². The minimum Gasteiger partial charge on any atom is -0.373 e. The number of hydrogen-bond acceptors (Lipinski definition) is 3. The van der Waals surface area contributed by atoms with Crippen LogP contribution in [0.2, 0.25) is 0 Å². The average Bonchev–Trinajstić information content (AvgIpc) is 2.50. The topological polar surface area (TPSA) is 39.9 Å². The normalized spacial score (nSPS) is 16.1. The largest absolute Gasteiger partial charge is 0.373 e. The molecule has 1 aliphatic rings. The van der Waals surface area contributed by atoms with Crippen LogP contribution in [-0.4, -0.2) is 21.6 Å². The van der Waals surface area contributed by atoms with Crippen LogP contribution in [0, 0.1) is 0 Å². The van der Waals surface area contributed by atoms with E-state index in [0.717, 1.165) is 31.7 Å². The quantitative estimate of drug-likeness (QED) is 0.653. The highest BCUT2D eigenvalue weighted by Gasteiger charge is 2.15. The summed E-state index contributed by atoms with van der Waals surface area (Å²) in [6.07, 6.45) is 2.13. The zero-order chi connectivity index (χ0) is 8.39. The molecule has 0 amide bonds. The molecular formula is C8H13N3O. The van der Waals surface area contributed by atoms with E-state index in [1.165, 1.54) is 5.69 Å². The molecule has 12 heavy (non-hydrogen) atoms. The number of aryl methyl sites for hydroxylation is 1. The van der Waals surface area contributed by atoms with E-state index < -0.39 is 0 Å². The van der Waals surface area contributed by atoms with E-state index in [2.05, 4.69) is 17.2 Å². The summed E-state index contributed by atoms with van der Waals surface area (Å²) in [6, 6.07) is 0. The highest BCUT2D eigenvalue weighted by atomic mass is 16.5. The van der Waals surface area contributed by atoms with Crippen molar-refractivity contribution in [1.29, 1.82) is 0 Å². The molecule has 0 saturated carbocycles. The summed E-state index contributed by atoms with van der Waals surface area (Å²) in [5.41, 5.74) is 2.28. The van der Waals surface area contributed by atoms with Crippen LogP contribution >= 0.6 is 0 Å². The minimum atomic E-state index is 0.683. The van der Waals surface area contributed by atoms with Gasteiger partial charge in [0.2, 0.25) is 0 Å². The first-order valence-corrected chi connectivity index (χ1v) is 4.41. The highest BCUT2D eigenvalue weighted by Crippen LogP contribution is 2.12. The molecule has 1 aliphatic heterocycles. The van der Waals surface area contributed by atoms with Gasteiger partial charge in [-0.3, -0.25) is 0 Å². The van der Waals surface area contributed by atoms with Gasteiger partial charge in [-0.05, 0) is 6.42 Å². The Morgan fingerprint density at radius 2 is 2.50 bits per heavy atom. The first-order valence-electron chi connectivity index (χ1n) is 4.41. The third kappa shape index (κ3) is 1.22. The van der Waals surface area contributed by atoms with Crippen LogP contribution < -0.4 is 0 Å². The number of fused-ring (bicyclic) bond motifs is 1. The standard InChI is InChI=1S/C8H13N3O/c1-2-3-7-8-6-12-5-4-11(8)10-9-7/h2-6H2,1H3. The molecule has 1 aromatic rings. The van der Waals surface area contributed by atoms with Gasteiger partial charge < -0.3 is 4.74 Å². The molecule has 0 unspecified atom stereocenters. The van der Waals surface area contributed by atoms with Gasteiger partial charge in [-0.1, -0.05) is 18.6 Å². The fourth-order valence-corrected chi connectivity index (χ4v) is 1.46. The second-order valence-electron chi connectivity index (χ2n) is 3.01. The van der Waals surface area contributed by atoms with Gasteiger partial charge in [0.15, 0.2) is 0 Å². The molecular weight excluding hydrogens is 154 g/mol. The molecule has 0 bridgehead atoms. The first-order chi connectivity index (χ1) is 5.92. The fourth-order valence-electron chi connectivity index (χ4n) is 1.46. The maximum atomic E-state index is 5.34. The van der Waals surface area contributed by atoms with E-state index in [1.807, 2.05) is 4.68 Å². The van der Waals surface area contributed by atoms with E-state index >= 15 is 0 Å². The molecule has 0 saturated heterocycles. The lowest BCUT2D eigenvalue weighted by atomic mass is 10.2. The van der Waals surface area contributed by atoms with Crippen LogP contribution in [-0.2, 0) is 24.3 Å². The average molecular weight is 167 g/mol. The van der Waals surface area contributed by atoms with Crippen LogP contribution in [0.5, 0.6) is 0 Å². The molecule has 66 valence electrons. The van der Waals surface area contributed by atoms with E-state index in [0.29, 0.717) is 6.61 Å². The van der Waals surface area contributed by atoms with Gasteiger partial charge in [0.25, 0.3) is 0 Å². The smallest absolute Gasteiger partial charge is 0.0904 e. The molecule has 0 aromatic carbocycles. The predicted molar refractivity (Wildman–Crippen MR) is 43.7 cm³/mol. The maximum Gasteiger partial charge on any atom is 0.0904 e. The lowest BCUT2D eigenvalue weighted by Gasteiger charge is -2.13. The van der Waals surface area contributed by atoms with Gasteiger partial charge in [0, 0.05) is 0 Å². The predicted octanol–water partition coefficient (Wildman–Crippen LogP) is 0.761. The zero-order valence-electron chi connectivity index (χ0n) is 7.29. The van der Waals surface area contributed by atoms with Crippen LogP contribution in [0.3, 0.4) is 0 Å². The fraction of sp³-hybridized carbons (Fsp3) is 0.750. The summed E-state index contributed by atoms with van der Waals surface area (Å²) in [7, 11) is 0. The Hall–Kier alpha value is -0.900.